The number of benzene rings is 1. The quantitative estimate of drug-likeness (QED) is 0.578. The summed E-state index contributed by atoms with van der Waals surface area (Å²) in [5.41, 5.74) is 2.90. The molecule has 0 aliphatic heterocycles. The third-order valence-electron chi connectivity index (χ3n) is 2.95. The molecule has 21 heavy (non-hydrogen) atoms. The van der Waals surface area contributed by atoms with Gasteiger partial charge in [0.05, 0.1) is 6.54 Å². The highest BCUT2D eigenvalue weighted by atomic mass is 16.4. The van der Waals surface area contributed by atoms with Crippen LogP contribution in [0.1, 0.15) is 23.6 Å². The monoisotopic (exact) mass is 287 g/mol. The molecule has 0 radical (unpaired) electrons. The number of aryl methyl sites for hydroxylation is 1. The molecule has 5 heteroatoms. The first-order chi connectivity index (χ1) is 10.0. The highest BCUT2D eigenvalue weighted by molar-refractivity contribution is 5.89. The van der Waals surface area contributed by atoms with E-state index in [0.717, 1.165) is 0 Å². The predicted molar refractivity (Wildman–Crippen MR) is 78.8 cm³/mol. The second kappa shape index (κ2) is 8.56. The van der Waals surface area contributed by atoms with Gasteiger partial charge in [0.1, 0.15) is 0 Å². The number of rotatable bonds is 4. The molecule has 1 aliphatic rings. The van der Waals surface area contributed by atoms with Crippen LogP contribution in [0.25, 0.3) is 0 Å². The molecule has 110 valence electrons. The number of terminal acetylenes is 1. The van der Waals surface area contributed by atoms with Crippen LogP contribution in [-0.4, -0.2) is 28.7 Å². The Bertz CT molecular complexity index is 556. The minimum absolute atomic E-state index is 0.479. The van der Waals surface area contributed by atoms with E-state index in [1.54, 1.807) is 0 Å². The molecule has 0 saturated heterocycles. The number of aliphatic carboxylic acids is 2. The topological polar surface area (TPSA) is 86.6 Å². The van der Waals surface area contributed by atoms with Gasteiger partial charge in [-0.25, -0.2) is 9.59 Å². The van der Waals surface area contributed by atoms with Crippen molar-refractivity contribution in [3.05, 3.63) is 47.5 Å². The zero-order chi connectivity index (χ0) is 15.7. The summed E-state index contributed by atoms with van der Waals surface area (Å²) in [5.74, 6) is 0.100. The molecule has 1 aromatic carbocycles. The van der Waals surface area contributed by atoms with Crippen molar-refractivity contribution >= 4 is 11.9 Å². The molecule has 1 aromatic rings. The second-order valence-corrected chi connectivity index (χ2v) is 4.38. The van der Waals surface area contributed by atoms with Gasteiger partial charge in [0.25, 0.3) is 0 Å². The molecule has 0 saturated carbocycles. The number of nitrogens with one attached hydrogen (secondary N) is 1. The van der Waals surface area contributed by atoms with Gasteiger partial charge in [-0.15, -0.1) is 6.42 Å². The predicted octanol–water partition coefficient (Wildman–Crippen LogP) is 1.61. The smallest absolute Gasteiger partial charge is 0.328 e. The summed E-state index contributed by atoms with van der Waals surface area (Å²) in [6, 6.07) is 9.06. The lowest BCUT2D eigenvalue weighted by atomic mass is 10.1. The number of carboxylic acid groups (broad SMARTS) is 2. The van der Waals surface area contributed by atoms with E-state index in [4.69, 9.17) is 16.6 Å². The fourth-order valence-corrected chi connectivity index (χ4v) is 2.09. The maximum absolute atomic E-state index is 9.55. The summed E-state index contributed by atoms with van der Waals surface area (Å²) in [7, 11) is 0. The van der Waals surface area contributed by atoms with Gasteiger partial charge in [0.15, 0.2) is 0 Å². The Labute approximate surface area is 123 Å². The minimum Gasteiger partial charge on any atom is -0.478 e. The number of carboxylic acids is 2. The van der Waals surface area contributed by atoms with E-state index in [1.807, 2.05) is 0 Å². The van der Waals surface area contributed by atoms with E-state index in [1.165, 1.54) is 24.0 Å². The first kappa shape index (κ1) is 16.5. The third kappa shape index (κ3) is 5.93. The maximum Gasteiger partial charge on any atom is 0.328 e. The Morgan fingerprint density at radius 1 is 1.29 bits per heavy atom. The number of carbonyl (C=O) groups is 2. The van der Waals surface area contributed by atoms with Crippen molar-refractivity contribution in [2.75, 3.05) is 6.54 Å². The molecule has 0 amide bonds. The van der Waals surface area contributed by atoms with Crippen molar-refractivity contribution in [1.29, 1.82) is 0 Å². The van der Waals surface area contributed by atoms with E-state index in [2.05, 4.69) is 35.5 Å². The summed E-state index contributed by atoms with van der Waals surface area (Å²) in [5, 5.41) is 19.0. The Balaban J connectivity index is 0.000000240. The Morgan fingerprint density at radius 3 is 2.48 bits per heavy atom. The van der Waals surface area contributed by atoms with Crippen LogP contribution in [0.5, 0.6) is 0 Å². The van der Waals surface area contributed by atoms with Crippen molar-refractivity contribution in [2.45, 2.75) is 18.9 Å². The molecule has 5 nitrogen and oxygen atoms in total. The maximum atomic E-state index is 9.55. The molecule has 0 aromatic heterocycles. The molecule has 2 rings (SSSR count). The summed E-state index contributed by atoms with van der Waals surface area (Å²) in [6.07, 6.45) is 8.69. The van der Waals surface area contributed by atoms with Crippen LogP contribution in [0.15, 0.2) is 36.4 Å². The van der Waals surface area contributed by atoms with Crippen molar-refractivity contribution in [3.8, 4) is 12.3 Å². The number of hydrogen-bond acceptors (Lipinski definition) is 3. The van der Waals surface area contributed by atoms with Crippen molar-refractivity contribution in [3.63, 3.8) is 0 Å². The molecule has 0 unspecified atom stereocenters. The van der Waals surface area contributed by atoms with E-state index in [0.29, 0.717) is 24.7 Å². The Kier molecular flexibility index (Phi) is 6.72. The fourth-order valence-electron chi connectivity index (χ4n) is 2.09. The molecule has 1 atom stereocenters. The molecule has 1 aliphatic carbocycles. The lowest BCUT2D eigenvalue weighted by Crippen LogP contribution is -2.19. The van der Waals surface area contributed by atoms with Gasteiger partial charge in [-0.2, -0.15) is 0 Å². The van der Waals surface area contributed by atoms with Crippen LogP contribution >= 0.6 is 0 Å². The van der Waals surface area contributed by atoms with Crippen LogP contribution in [0.3, 0.4) is 0 Å². The van der Waals surface area contributed by atoms with Gasteiger partial charge in [0, 0.05) is 18.2 Å². The normalized spacial score (nSPS) is 15.7. The number of fused-ring (bicyclic) bond motifs is 1. The van der Waals surface area contributed by atoms with Gasteiger partial charge in [-0.05, 0) is 24.0 Å². The highest BCUT2D eigenvalue weighted by Gasteiger charge is 2.20. The Hall–Kier alpha value is -2.58. The van der Waals surface area contributed by atoms with E-state index in [9.17, 15) is 9.59 Å². The van der Waals surface area contributed by atoms with Gasteiger partial charge in [0.2, 0.25) is 0 Å². The van der Waals surface area contributed by atoms with Crippen LogP contribution < -0.4 is 5.32 Å². The van der Waals surface area contributed by atoms with Crippen LogP contribution in [0.2, 0.25) is 0 Å². The van der Waals surface area contributed by atoms with Crippen LogP contribution in [0, 0.1) is 12.3 Å². The molecule has 0 bridgehead atoms. The first-order valence-electron chi connectivity index (χ1n) is 6.43. The van der Waals surface area contributed by atoms with Crippen LogP contribution in [-0.2, 0) is 16.0 Å². The van der Waals surface area contributed by atoms with Crippen LogP contribution in [0.4, 0.5) is 0 Å². The fraction of sp³-hybridized carbons (Fsp3) is 0.250. The van der Waals surface area contributed by atoms with Gasteiger partial charge >= 0.3 is 11.9 Å². The summed E-state index contributed by atoms with van der Waals surface area (Å²) in [4.78, 5) is 19.1. The summed E-state index contributed by atoms with van der Waals surface area (Å²) < 4.78 is 0. The van der Waals surface area contributed by atoms with Crippen molar-refractivity contribution < 1.29 is 19.8 Å². The first-order valence-corrected chi connectivity index (χ1v) is 6.43. The van der Waals surface area contributed by atoms with E-state index in [-0.39, 0.29) is 0 Å². The number of hydrogen-bond donors (Lipinski definition) is 3. The second-order valence-electron chi connectivity index (χ2n) is 4.38. The molecule has 0 heterocycles. The Morgan fingerprint density at radius 2 is 1.90 bits per heavy atom. The zero-order valence-electron chi connectivity index (χ0n) is 11.5. The van der Waals surface area contributed by atoms with Gasteiger partial charge in [-0.1, -0.05) is 30.2 Å². The lowest BCUT2D eigenvalue weighted by Gasteiger charge is -2.10. The largest absolute Gasteiger partial charge is 0.478 e. The SMILES string of the molecule is C#CCN[C@@H]1CCc2ccccc21.O=C(O)/C=C/C(=O)O. The minimum atomic E-state index is -1.26. The van der Waals surface area contributed by atoms with Crippen molar-refractivity contribution in [1.82, 2.24) is 5.32 Å². The molecular formula is C16H17NO4. The zero-order valence-corrected chi connectivity index (χ0v) is 11.5. The molecule has 0 fully saturated rings. The van der Waals surface area contributed by atoms with E-state index < -0.39 is 11.9 Å². The summed E-state index contributed by atoms with van der Waals surface area (Å²) in [6.45, 7) is 0.666. The standard InChI is InChI=1S/C12H13N.C4H4O4/c1-2-9-13-12-8-7-10-5-3-4-6-11(10)12;5-3(6)1-2-4(7)8/h1,3-6,12-13H,7-9H2;1-2H,(H,5,6)(H,7,8)/b;2-1+/t12-;/m1./s1. The highest BCUT2D eigenvalue weighted by Crippen LogP contribution is 2.30. The van der Waals surface area contributed by atoms with Gasteiger partial charge in [-0.3, -0.25) is 5.32 Å². The third-order valence-corrected chi connectivity index (χ3v) is 2.95. The molecule has 0 spiro atoms. The average Bonchev–Trinajstić information content (AvgIpc) is 2.87. The molecular weight excluding hydrogens is 270 g/mol. The lowest BCUT2D eigenvalue weighted by molar-refractivity contribution is -0.134. The average molecular weight is 287 g/mol. The molecule has 3 N–H and O–H groups in total. The van der Waals surface area contributed by atoms with E-state index >= 15 is 0 Å². The summed E-state index contributed by atoms with van der Waals surface area (Å²) >= 11 is 0. The van der Waals surface area contributed by atoms with Gasteiger partial charge < -0.3 is 10.2 Å². The van der Waals surface area contributed by atoms with Crippen molar-refractivity contribution in [2.24, 2.45) is 0 Å².